The summed E-state index contributed by atoms with van der Waals surface area (Å²) in [6.45, 7) is 4.49. The third-order valence-electron chi connectivity index (χ3n) is 5.29. The molecule has 2 fully saturated rings. The minimum Gasteiger partial charge on any atom is -0.480 e. The number of nitrogens with zero attached hydrogens (tertiary/aromatic N) is 2. The summed E-state index contributed by atoms with van der Waals surface area (Å²) in [5.41, 5.74) is 0.686. The molecule has 1 atom stereocenters. The van der Waals surface area contributed by atoms with Crippen LogP contribution in [0.15, 0.2) is 33.9 Å². The molecule has 2 aliphatic heterocycles. The molecule has 0 aliphatic carbocycles. The number of hydrogen-bond acceptors (Lipinski definition) is 9. The van der Waals surface area contributed by atoms with Crippen molar-refractivity contribution in [2.45, 2.75) is 17.5 Å². The molecular weight excluding hydrogens is 456 g/mol. The van der Waals surface area contributed by atoms with Crippen LogP contribution in [0.5, 0.6) is 0 Å². The van der Waals surface area contributed by atoms with Crippen molar-refractivity contribution in [2.75, 3.05) is 38.6 Å². The number of carboxylic acid groups (broad SMARTS) is 1. The predicted octanol–water partition coefficient (Wildman–Crippen LogP) is 1.30. The minimum atomic E-state index is -4.14. The number of nitrogens with one attached hydrogen (secondary N) is 2. The Balaban J connectivity index is 1.33. The maximum absolute atomic E-state index is 11.8. The van der Waals surface area contributed by atoms with Gasteiger partial charge in [-0.25, -0.2) is 8.42 Å². The van der Waals surface area contributed by atoms with Gasteiger partial charge in [0.2, 0.25) is 5.25 Å². The molecule has 3 N–H and O–H groups in total. The maximum atomic E-state index is 11.8. The van der Waals surface area contributed by atoms with Crippen LogP contribution in [-0.4, -0.2) is 79.8 Å². The first-order chi connectivity index (χ1) is 15.3. The fourth-order valence-corrected chi connectivity index (χ4v) is 5.68. The van der Waals surface area contributed by atoms with Crippen LogP contribution in [0.2, 0.25) is 0 Å². The topological polar surface area (TPSA) is 145 Å². The van der Waals surface area contributed by atoms with E-state index in [1.807, 2.05) is 0 Å². The number of aliphatic imine (C=N–C) groups is 1. The van der Waals surface area contributed by atoms with Crippen molar-refractivity contribution >= 4 is 50.1 Å². The van der Waals surface area contributed by atoms with Crippen LogP contribution in [-0.2, 0) is 31.9 Å². The lowest BCUT2D eigenvalue weighted by Gasteiger charge is -2.26. The predicted molar refractivity (Wildman–Crippen MR) is 122 cm³/mol. The van der Waals surface area contributed by atoms with Crippen molar-refractivity contribution in [1.82, 2.24) is 9.62 Å². The van der Waals surface area contributed by atoms with E-state index in [0.717, 1.165) is 49.4 Å². The molecule has 1 aromatic carbocycles. The van der Waals surface area contributed by atoms with E-state index in [2.05, 4.69) is 32.8 Å². The fourth-order valence-electron chi connectivity index (χ4n) is 3.66. The Kier molecular flexibility index (Phi) is 6.84. The quantitative estimate of drug-likeness (QED) is 0.480. The van der Waals surface area contributed by atoms with E-state index in [9.17, 15) is 13.2 Å². The van der Waals surface area contributed by atoms with Gasteiger partial charge in [-0.05, 0) is 11.6 Å². The van der Waals surface area contributed by atoms with E-state index >= 15 is 0 Å². The summed E-state index contributed by atoms with van der Waals surface area (Å²) in [7, 11) is -4.14. The van der Waals surface area contributed by atoms with Crippen molar-refractivity contribution in [2.24, 2.45) is 4.99 Å². The lowest BCUT2D eigenvalue weighted by Crippen LogP contribution is -2.35. The molecule has 10 nitrogen and oxygen atoms in total. The minimum absolute atomic E-state index is 0.200. The van der Waals surface area contributed by atoms with Gasteiger partial charge in [-0.1, -0.05) is 12.1 Å². The highest BCUT2D eigenvalue weighted by Gasteiger charge is 2.46. The summed E-state index contributed by atoms with van der Waals surface area (Å²) in [6.07, 6.45) is 1.74. The number of furan rings is 1. The third kappa shape index (κ3) is 4.98. The Morgan fingerprint density at radius 1 is 1.34 bits per heavy atom. The summed E-state index contributed by atoms with van der Waals surface area (Å²) in [6, 6.07) is 6.33. The Morgan fingerprint density at radius 3 is 2.84 bits per heavy atom. The monoisotopic (exact) mass is 480 g/mol. The SMILES string of the molecule is N=C1C(=NCCSCc2occ3ccc(CN4CCOCC4)cc23)NS(=O)(=O)C1C(=O)O. The summed E-state index contributed by atoms with van der Waals surface area (Å²) < 4.78 is 36.8. The molecule has 4 rings (SSSR count). The summed E-state index contributed by atoms with van der Waals surface area (Å²) in [4.78, 5) is 17.5. The van der Waals surface area contributed by atoms with Gasteiger partial charge in [-0.2, -0.15) is 11.8 Å². The van der Waals surface area contributed by atoms with Crippen molar-refractivity contribution in [3.63, 3.8) is 0 Å². The van der Waals surface area contributed by atoms with Gasteiger partial charge in [0.15, 0.2) is 5.84 Å². The molecule has 2 aromatic rings. The lowest BCUT2D eigenvalue weighted by atomic mass is 10.1. The lowest BCUT2D eigenvalue weighted by molar-refractivity contribution is -0.135. The van der Waals surface area contributed by atoms with Crippen molar-refractivity contribution in [1.29, 1.82) is 5.41 Å². The molecule has 12 heteroatoms. The number of rotatable bonds is 8. The number of ether oxygens (including phenoxy) is 1. The molecule has 32 heavy (non-hydrogen) atoms. The van der Waals surface area contributed by atoms with E-state index < -0.39 is 27.0 Å². The molecular formula is C20H24N4O6S2. The molecule has 0 spiro atoms. The average molecular weight is 481 g/mol. The van der Waals surface area contributed by atoms with Crippen LogP contribution in [0.1, 0.15) is 11.3 Å². The summed E-state index contributed by atoms with van der Waals surface area (Å²) in [5.74, 6) is 0.262. The van der Waals surface area contributed by atoms with Gasteiger partial charge in [0.1, 0.15) is 11.5 Å². The van der Waals surface area contributed by atoms with Gasteiger partial charge in [-0.15, -0.1) is 0 Å². The second-order valence-electron chi connectivity index (χ2n) is 7.53. The van der Waals surface area contributed by atoms with Gasteiger partial charge in [0, 0.05) is 36.2 Å². The standard InChI is InChI=1S/C20H24N4O6S2/c21-17-18(20(25)26)32(27,28)23-19(17)22-3-8-31-12-16-15-9-13(1-2-14(15)11-30-16)10-24-4-6-29-7-5-24/h1-2,9,11,18,21H,3-8,10,12H2,(H,22,23)(H,25,26). The molecule has 1 unspecified atom stereocenters. The highest BCUT2D eigenvalue weighted by molar-refractivity contribution is 7.98. The largest absolute Gasteiger partial charge is 0.480 e. The van der Waals surface area contributed by atoms with E-state index in [4.69, 9.17) is 19.7 Å². The summed E-state index contributed by atoms with van der Waals surface area (Å²) in [5, 5.41) is 17.0. The van der Waals surface area contributed by atoms with Gasteiger partial charge < -0.3 is 14.3 Å². The zero-order valence-electron chi connectivity index (χ0n) is 17.2. The first-order valence-corrected chi connectivity index (χ1v) is 12.8. The van der Waals surface area contributed by atoms with Crippen LogP contribution < -0.4 is 4.72 Å². The van der Waals surface area contributed by atoms with E-state index in [1.165, 1.54) is 5.56 Å². The molecule has 3 heterocycles. The van der Waals surface area contributed by atoms with E-state index in [0.29, 0.717) is 11.5 Å². The Labute approximate surface area is 189 Å². The molecule has 2 aliphatic rings. The van der Waals surface area contributed by atoms with E-state index in [-0.39, 0.29) is 12.4 Å². The third-order valence-corrected chi connectivity index (χ3v) is 7.76. The number of fused-ring (bicyclic) bond motifs is 1. The van der Waals surface area contributed by atoms with E-state index in [1.54, 1.807) is 18.0 Å². The molecule has 2 saturated heterocycles. The number of benzene rings is 1. The normalized spacial score (nSPS) is 22.4. The van der Waals surface area contributed by atoms with Gasteiger partial charge in [0.25, 0.3) is 10.0 Å². The fraction of sp³-hybridized carbons (Fsp3) is 0.450. The number of amidine groups is 1. The molecule has 172 valence electrons. The molecule has 0 bridgehead atoms. The first-order valence-electron chi connectivity index (χ1n) is 10.1. The number of thioether (sulfide) groups is 1. The molecule has 0 amide bonds. The Morgan fingerprint density at radius 2 is 2.12 bits per heavy atom. The zero-order valence-corrected chi connectivity index (χ0v) is 18.9. The number of morpholine rings is 1. The van der Waals surface area contributed by atoms with Crippen molar-refractivity contribution < 1.29 is 27.5 Å². The van der Waals surface area contributed by atoms with Crippen LogP contribution in [0.25, 0.3) is 10.8 Å². The number of aliphatic carboxylic acids is 1. The van der Waals surface area contributed by atoms with Crippen molar-refractivity contribution in [3.05, 3.63) is 35.8 Å². The second kappa shape index (κ2) is 9.61. The number of sulfonamides is 1. The average Bonchev–Trinajstić information content (AvgIpc) is 3.25. The number of hydrogen-bond donors (Lipinski definition) is 3. The molecule has 0 saturated carbocycles. The highest BCUT2D eigenvalue weighted by Crippen LogP contribution is 2.26. The van der Waals surface area contributed by atoms with Crippen molar-refractivity contribution in [3.8, 4) is 0 Å². The maximum Gasteiger partial charge on any atom is 0.330 e. The highest BCUT2D eigenvalue weighted by atomic mass is 32.2. The van der Waals surface area contributed by atoms with Crippen LogP contribution >= 0.6 is 11.8 Å². The van der Waals surface area contributed by atoms with Gasteiger partial charge in [-0.3, -0.25) is 24.8 Å². The first kappa shape index (κ1) is 22.8. The van der Waals surface area contributed by atoms with Gasteiger partial charge in [0.05, 0.1) is 31.8 Å². The molecule has 0 radical (unpaired) electrons. The van der Waals surface area contributed by atoms with Crippen LogP contribution in [0.3, 0.4) is 0 Å². The van der Waals surface area contributed by atoms with Gasteiger partial charge >= 0.3 is 5.97 Å². The second-order valence-corrected chi connectivity index (χ2v) is 10.4. The summed E-state index contributed by atoms with van der Waals surface area (Å²) >= 11 is 1.57. The molecule has 1 aromatic heterocycles. The zero-order chi connectivity index (χ0) is 22.7. The Bertz CT molecular complexity index is 1150. The number of carboxylic acids is 1. The Hall–Kier alpha value is -2.41. The van der Waals surface area contributed by atoms with Crippen LogP contribution in [0.4, 0.5) is 0 Å². The number of carbonyl (C=O) groups is 1. The smallest absolute Gasteiger partial charge is 0.330 e. The van der Waals surface area contributed by atoms with Crippen LogP contribution in [0, 0.1) is 5.41 Å².